The third-order valence-corrected chi connectivity index (χ3v) is 3.13. The molecule has 2 N–H and O–H groups in total. The fraction of sp³-hybridized carbons (Fsp3) is 0.100. The summed E-state index contributed by atoms with van der Waals surface area (Å²) < 4.78 is 4.21. The zero-order valence-electron chi connectivity index (χ0n) is 8.18. The molecule has 0 radical (unpaired) electrons. The zero-order valence-corrected chi connectivity index (χ0v) is 9.76. The van der Waals surface area contributed by atoms with Gasteiger partial charge in [-0.3, -0.25) is 0 Å². The molecule has 0 amide bonds. The largest absolute Gasteiger partial charge is 0.389 e. The van der Waals surface area contributed by atoms with Crippen LogP contribution in [0.15, 0.2) is 29.4 Å². The van der Waals surface area contributed by atoms with Crippen molar-refractivity contribution in [3.05, 3.63) is 39.8 Å². The molecule has 0 unspecified atom stereocenters. The second-order valence-electron chi connectivity index (χ2n) is 3.17. The molecule has 2 aromatic rings. The molecule has 16 heavy (non-hydrogen) atoms. The van der Waals surface area contributed by atoms with Crippen molar-refractivity contribution in [2.45, 2.75) is 6.54 Å². The van der Waals surface area contributed by atoms with E-state index in [4.69, 9.17) is 17.3 Å². The SMILES string of the molecule is Nc1snc(-c2ccc(Cl)cc2)c1CN=O. The average Bonchev–Trinajstić information content (AvgIpc) is 2.63. The quantitative estimate of drug-likeness (QED) is 0.854. The van der Waals surface area contributed by atoms with Gasteiger partial charge in [0, 0.05) is 16.1 Å². The van der Waals surface area contributed by atoms with E-state index < -0.39 is 0 Å². The van der Waals surface area contributed by atoms with Gasteiger partial charge in [-0.1, -0.05) is 28.9 Å². The number of nitrogens with two attached hydrogens (primary N) is 1. The van der Waals surface area contributed by atoms with Crippen molar-refractivity contribution in [1.82, 2.24) is 4.37 Å². The first-order chi connectivity index (χ1) is 7.72. The number of hydrogen-bond acceptors (Lipinski definition) is 5. The van der Waals surface area contributed by atoms with Crippen LogP contribution in [-0.2, 0) is 6.54 Å². The standard InChI is InChI=1S/C10H8ClN3OS/c11-7-3-1-6(2-4-7)9-8(5-13-15)10(12)16-14-9/h1-4H,5,12H2. The van der Waals surface area contributed by atoms with Gasteiger partial charge in [0.25, 0.3) is 0 Å². The smallest absolute Gasteiger partial charge is 0.112 e. The average molecular weight is 254 g/mol. The molecule has 0 saturated carbocycles. The molecular formula is C10H8ClN3OS. The van der Waals surface area contributed by atoms with Crippen molar-refractivity contribution in [2.75, 3.05) is 5.73 Å². The van der Waals surface area contributed by atoms with Gasteiger partial charge in [-0.05, 0) is 23.7 Å². The van der Waals surface area contributed by atoms with Crippen LogP contribution in [-0.4, -0.2) is 4.37 Å². The molecule has 1 aromatic heterocycles. The summed E-state index contributed by atoms with van der Waals surface area (Å²) in [4.78, 5) is 10.3. The van der Waals surface area contributed by atoms with Crippen molar-refractivity contribution < 1.29 is 0 Å². The van der Waals surface area contributed by atoms with Crippen molar-refractivity contribution >= 4 is 28.1 Å². The third-order valence-electron chi connectivity index (χ3n) is 2.16. The Hall–Kier alpha value is -1.46. The minimum Gasteiger partial charge on any atom is -0.389 e. The van der Waals surface area contributed by atoms with Crippen LogP contribution < -0.4 is 5.73 Å². The predicted octanol–water partition coefficient (Wildman–Crippen LogP) is 3.31. The van der Waals surface area contributed by atoms with Crippen molar-refractivity contribution in [3.8, 4) is 11.3 Å². The molecule has 6 heteroatoms. The van der Waals surface area contributed by atoms with E-state index in [0.29, 0.717) is 21.3 Å². The lowest BCUT2D eigenvalue weighted by molar-refractivity contribution is 1.06. The summed E-state index contributed by atoms with van der Waals surface area (Å²) in [7, 11) is 0. The molecule has 4 nitrogen and oxygen atoms in total. The molecule has 0 saturated heterocycles. The van der Waals surface area contributed by atoms with Gasteiger partial charge in [0.05, 0.1) is 5.69 Å². The molecule has 1 heterocycles. The molecule has 0 bridgehead atoms. The lowest BCUT2D eigenvalue weighted by Crippen LogP contribution is -1.90. The Morgan fingerprint density at radius 3 is 2.69 bits per heavy atom. The molecule has 0 aliphatic heterocycles. The maximum Gasteiger partial charge on any atom is 0.112 e. The Bertz CT molecular complexity index is 509. The van der Waals surface area contributed by atoms with Crippen LogP contribution >= 0.6 is 23.1 Å². The van der Waals surface area contributed by atoms with Crippen LogP contribution in [0, 0.1) is 4.91 Å². The molecule has 0 aliphatic carbocycles. The highest BCUT2D eigenvalue weighted by atomic mass is 35.5. The second-order valence-corrected chi connectivity index (χ2v) is 4.41. The summed E-state index contributed by atoms with van der Waals surface area (Å²) in [6, 6.07) is 7.21. The number of benzene rings is 1. The number of rotatable bonds is 3. The van der Waals surface area contributed by atoms with Crippen LogP contribution in [0.2, 0.25) is 5.02 Å². The number of nitrogens with zero attached hydrogens (tertiary/aromatic N) is 2. The Labute approximate surface area is 101 Å². The van der Waals surface area contributed by atoms with Gasteiger partial charge in [0.2, 0.25) is 0 Å². The van der Waals surface area contributed by atoms with Crippen LogP contribution in [0.4, 0.5) is 5.00 Å². The molecule has 0 aliphatic rings. The lowest BCUT2D eigenvalue weighted by Gasteiger charge is -2.00. The van der Waals surface area contributed by atoms with Gasteiger partial charge in [-0.15, -0.1) is 0 Å². The fourth-order valence-corrected chi connectivity index (χ4v) is 2.18. The fourth-order valence-electron chi connectivity index (χ4n) is 1.37. The van der Waals surface area contributed by atoms with Crippen LogP contribution in [0.25, 0.3) is 11.3 Å². The number of hydrogen-bond donors (Lipinski definition) is 1. The van der Waals surface area contributed by atoms with E-state index in [1.807, 2.05) is 12.1 Å². The Morgan fingerprint density at radius 2 is 2.06 bits per heavy atom. The van der Waals surface area contributed by atoms with E-state index in [9.17, 15) is 4.91 Å². The summed E-state index contributed by atoms with van der Waals surface area (Å²) >= 11 is 6.96. The minimum atomic E-state index is 0.0420. The molecule has 2 rings (SSSR count). The summed E-state index contributed by atoms with van der Waals surface area (Å²) in [5.74, 6) is 0. The van der Waals surface area contributed by atoms with Gasteiger partial charge in [0.1, 0.15) is 11.5 Å². The number of halogens is 1. The summed E-state index contributed by atoms with van der Waals surface area (Å²) in [6.45, 7) is 0.0420. The third kappa shape index (κ3) is 2.05. The van der Waals surface area contributed by atoms with Gasteiger partial charge in [0.15, 0.2) is 0 Å². The molecule has 1 aromatic carbocycles. The number of nitroso groups, excluding NO2 is 1. The first-order valence-corrected chi connectivity index (χ1v) is 5.66. The number of nitrogen functional groups attached to an aromatic ring is 1. The Balaban J connectivity index is 2.47. The predicted molar refractivity (Wildman–Crippen MR) is 66.5 cm³/mol. The number of anilines is 1. The summed E-state index contributed by atoms with van der Waals surface area (Å²) in [5.41, 5.74) is 8.00. The highest BCUT2D eigenvalue weighted by molar-refractivity contribution is 7.10. The van der Waals surface area contributed by atoms with E-state index in [-0.39, 0.29) is 6.54 Å². The van der Waals surface area contributed by atoms with Crippen LogP contribution in [0.3, 0.4) is 0 Å². The molecule has 82 valence electrons. The molecule has 0 spiro atoms. The van der Waals surface area contributed by atoms with Gasteiger partial charge in [-0.25, -0.2) is 0 Å². The van der Waals surface area contributed by atoms with E-state index >= 15 is 0 Å². The van der Waals surface area contributed by atoms with Gasteiger partial charge >= 0.3 is 0 Å². The first-order valence-electron chi connectivity index (χ1n) is 4.51. The van der Waals surface area contributed by atoms with Crippen molar-refractivity contribution in [3.63, 3.8) is 0 Å². The first kappa shape index (κ1) is 11.0. The lowest BCUT2D eigenvalue weighted by atomic mass is 10.1. The maximum atomic E-state index is 10.3. The van der Waals surface area contributed by atoms with Crippen molar-refractivity contribution in [2.24, 2.45) is 5.18 Å². The van der Waals surface area contributed by atoms with E-state index in [1.54, 1.807) is 12.1 Å². The topological polar surface area (TPSA) is 68.3 Å². The Kier molecular flexibility index (Phi) is 3.17. The summed E-state index contributed by atoms with van der Waals surface area (Å²) in [6.07, 6.45) is 0. The van der Waals surface area contributed by atoms with Gasteiger partial charge in [-0.2, -0.15) is 9.28 Å². The monoisotopic (exact) mass is 253 g/mol. The zero-order chi connectivity index (χ0) is 11.5. The molecular weight excluding hydrogens is 246 g/mol. The van der Waals surface area contributed by atoms with E-state index in [0.717, 1.165) is 5.56 Å². The second kappa shape index (κ2) is 4.59. The Morgan fingerprint density at radius 1 is 1.38 bits per heavy atom. The molecule has 0 atom stereocenters. The van der Waals surface area contributed by atoms with Crippen LogP contribution in [0.1, 0.15) is 5.56 Å². The normalized spacial score (nSPS) is 10.3. The highest BCUT2D eigenvalue weighted by Crippen LogP contribution is 2.31. The maximum absolute atomic E-state index is 10.3. The van der Waals surface area contributed by atoms with Crippen molar-refractivity contribution in [1.29, 1.82) is 0 Å². The van der Waals surface area contributed by atoms with E-state index in [2.05, 4.69) is 9.55 Å². The molecule has 0 fully saturated rings. The minimum absolute atomic E-state index is 0.0420. The number of aromatic nitrogens is 1. The highest BCUT2D eigenvalue weighted by Gasteiger charge is 2.13. The summed E-state index contributed by atoms with van der Waals surface area (Å²) in [5, 5.41) is 4.04. The van der Waals surface area contributed by atoms with E-state index in [1.165, 1.54) is 11.5 Å². The van der Waals surface area contributed by atoms with Crippen LogP contribution in [0.5, 0.6) is 0 Å². The van der Waals surface area contributed by atoms with Gasteiger partial charge < -0.3 is 5.73 Å².